The van der Waals surface area contributed by atoms with Gasteiger partial charge in [0.2, 0.25) is 0 Å². The predicted molar refractivity (Wildman–Crippen MR) is 69.9 cm³/mol. The highest BCUT2D eigenvalue weighted by Crippen LogP contribution is 2.27. The quantitative estimate of drug-likeness (QED) is 0.836. The first kappa shape index (κ1) is 11.5. The standard InChI is InChI=1S/C14H22N2/c1-4-16(11(2)3)10-13-7-5-6-12-8-9-15-14(12)13/h5-7,11,15H,4,8-10H2,1-3H3. The normalized spacial score (nSPS) is 14.3. The van der Waals surface area contributed by atoms with E-state index in [4.69, 9.17) is 0 Å². The average molecular weight is 218 g/mol. The minimum absolute atomic E-state index is 0.613. The second kappa shape index (κ2) is 4.88. The molecule has 0 atom stereocenters. The molecular formula is C14H22N2. The molecule has 0 spiro atoms. The summed E-state index contributed by atoms with van der Waals surface area (Å²) in [5.41, 5.74) is 4.32. The van der Waals surface area contributed by atoms with E-state index in [0.29, 0.717) is 6.04 Å². The Bertz CT molecular complexity index is 358. The molecule has 0 bridgehead atoms. The third-order valence-electron chi connectivity index (χ3n) is 3.44. The fraction of sp³-hybridized carbons (Fsp3) is 0.571. The van der Waals surface area contributed by atoms with E-state index in [1.54, 1.807) is 0 Å². The number of para-hydroxylation sites is 1. The largest absolute Gasteiger partial charge is 0.384 e. The van der Waals surface area contributed by atoms with Crippen molar-refractivity contribution in [1.82, 2.24) is 4.90 Å². The Balaban J connectivity index is 2.18. The van der Waals surface area contributed by atoms with E-state index < -0.39 is 0 Å². The SMILES string of the molecule is CCN(Cc1cccc2c1NCC2)C(C)C. The Kier molecular flexibility index (Phi) is 3.49. The van der Waals surface area contributed by atoms with Crippen LogP contribution in [0.4, 0.5) is 5.69 Å². The van der Waals surface area contributed by atoms with Gasteiger partial charge >= 0.3 is 0 Å². The van der Waals surface area contributed by atoms with Crippen molar-refractivity contribution in [2.45, 2.75) is 39.8 Å². The second-order valence-corrected chi connectivity index (χ2v) is 4.78. The molecule has 0 saturated heterocycles. The Morgan fingerprint density at radius 1 is 1.38 bits per heavy atom. The van der Waals surface area contributed by atoms with Crippen molar-refractivity contribution in [3.63, 3.8) is 0 Å². The first-order valence-electron chi connectivity index (χ1n) is 6.31. The van der Waals surface area contributed by atoms with Crippen molar-refractivity contribution >= 4 is 5.69 Å². The monoisotopic (exact) mass is 218 g/mol. The summed E-state index contributed by atoms with van der Waals surface area (Å²) < 4.78 is 0. The molecule has 1 aromatic carbocycles. The van der Waals surface area contributed by atoms with Gasteiger partial charge in [0, 0.05) is 24.8 Å². The van der Waals surface area contributed by atoms with Gasteiger partial charge in [-0.05, 0) is 37.9 Å². The molecule has 1 aromatic rings. The molecule has 16 heavy (non-hydrogen) atoms. The van der Waals surface area contributed by atoms with E-state index in [0.717, 1.165) is 19.6 Å². The van der Waals surface area contributed by atoms with Gasteiger partial charge in [-0.1, -0.05) is 25.1 Å². The van der Waals surface area contributed by atoms with E-state index in [-0.39, 0.29) is 0 Å². The maximum absolute atomic E-state index is 3.51. The first-order valence-corrected chi connectivity index (χ1v) is 6.31. The zero-order valence-electron chi connectivity index (χ0n) is 10.6. The van der Waals surface area contributed by atoms with Gasteiger partial charge in [0.1, 0.15) is 0 Å². The van der Waals surface area contributed by atoms with Crippen molar-refractivity contribution in [3.8, 4) is 0 Å². The van der Waals surface area contributed by atoms with E-state index in [2.05, 4.69) is 49.2 Å². The van der Waals surface area contributed by atoms with Crippen molar-refractivity contribution in [3.05, 3.63) is 29.3 Å². The minimum Gasteiger partial charge on any atom is -0.384 e. The van der Waals surface area contributed by atoms with Crippen LogP contribution in [0.2, 0.25) is 0 Å². The molecule has 1 heterocycles. The second-order valence-electron chi connectivity index (χ2n) is 4.78. The summed E-state index contributed by atoms with van der Waals surface area (Å²) >= 11 is 0. The predicted octanol–water partition coefficient (Wildman–Crippen LogP) is 2.88. The lowest BCUT2D eigenvalue weighted by atomic mass is 10.1. The van der Waals surface area contributed by atoms with Gasteiger partial charge in [0.25, 0.3) is 0 Å². The number of hydrogen-bond donors (Lipinski definition) is 1. The molecule has 88 valence electrons. The lowest BCUT2D eigenvalue weighted by Gasteiger charge is -2.25. The summed E-state index contributed by atoms with van der Waals surface area (Å²) in [5.74, 6) is 0. The van der Waals surface area contributed by atoms with Crippen molar-refractivity contribution in [1.29, 1.82) is 0 Å². The summed E-state index contributed by atoms with van der Waals surface area (Å²) in [5, 5.41) is 3.51. The molecule has 1 N–H and O–H groups in total. The Labute approximate surface area is 98.7 Å². The summed E-state index contributed by atoms with van der Waals surface area (Å²) in [6.45, 7) is 10.0. The smallest absolute Gasteiger partial charge is 0.0419 e. The highest BCUT2D eigenvalue weighted by Gasteiger charge is 2.16. The number of nitrogens with one attached hydrogen (secondary N) is 1. The zero-order valence-corrected chi connectivity index (χ0v) is 10.6. The van der Waals surface area contributed by atoms with Gasteiger partial charge in [-0.15, -0.1) is 0 Å². The van der Waals surface area contributed by atoms with Crippen LogP contribution in [0.1, 0.15) is 31.9 Å². The molecule has 0 fully saturated rings. The Hall–Kier alpha value is -1.02. The van der Waals surface area contributed by atoms with Crippen LogP contribution < -0.4 is 5.32 Å². The van der Waals surface area contributed by atoms with Gasteiger partial charge in [-0.2, -0.15) is 0 Å². The van der Waals surface area contributed by atoms with E-state index in [1.807, 2.05) is 0 Å². The molecule has 0 aromatic heterocycles. The van der Waals surface area contributed by atoms with E-state index in [9.17, 15) is 0 Å². The summed E-state index contributed by atoms with van der Waals surface area (Å²) in [7, 11) is 0. The molecule has 0 unspecified atom stereocenters. The van der Waals surface area contributed by atoms with Crippen LogP contribution >= 0.6 is 0 Å². The zero-order chi connectivity index (χ0) is 11.5. The molecule has 2 nitrogen and oxygen atoms in total. The van der Waals surface area contributed by atoms with Crippen LogP contribution in [0.25, 0.3) is 0 Å². The van der Waals surface area contributed by atoms with E-state index >= 15 is 0 Å². The van der Waals surface area contributed by atoms with Crippen LogP contribution in [-0.4, -0.2) is 24.0 Å². The van der Waals surface area contributed by atoms with Crippen LogP contribution in [0.15, 0.2) is 18.2 Å². The number of benzene rings is 1. The van der Waals surface area contributed by atoms with Gasteiger partial charge < -0.3 is 5.32 Å². The topological polar surface area (TPSA) is 15.3 Å². The van der Waals surface area contributed by atoms with Gasteiger partial charge in [0.15, 0.2) is 0 Å². The summed E-state index contributed by atoms with van der Waals surface area (Å²) in [4.78, 5) is 2.50. The van der Waals surface area contributed by atoms with Crippen LogP contribution in [-0.2, 0) is 13.0 Å². The van der Waals surface area contributed by atoms with Crippen LogP contribution in [0.3, 0.4) is 0 Å². The van der Waals surface area contributed by atoms with E-state index in [1.165, 1.54) is 23.2 Å². The van der Waals surface area contributed by atoms with Crippen LogP contribution in [0, 0.1) is 0 Å². The molecule has 0 saturated carbocycles. The molecule has 0 amide bonds. The summed E-state index contributed by atoms with van der Waals surface area (Å²) in [6.07, 6.45) is 1.18. The van der Waals surface area contributed by atoms with Gasteiger partial charge in [-0.3, -0.25) is 4.90 Å². The van der Waals surface area contributed by atoms with Crippen molar-refractivity contribution in [2.24, 2.45) is 0 Å². The molecular weight excluding hydrogens is 196 g/mol. The molecule has 0 aliphatic carbocycles. The third-order valence-corrected chi connectivity index (χ3v) is 3.44. The maximum Gasteiger partial charge on any atom is 0.0419 e. The number of rotatable bonds is 4. The van der Waals surface area contributed by atoms with Gasteiger partial charge in [0.05, 0.1) is 0 Å². The van der Waals surface area contributed by atoms with Crippen molar-refractivity contribution < 1.29 is 0 Å². The lowest BCUT2D eigenvalue weighted by molar-refractivity contribution is 0.225. The summed E-state index contributed by atoms with van der Waals surface area (Å²) in [6, 6.07) is 7.30. The maximum atomic E-state index is 3.51. The number of fused-ring (bicyclic) bond motifs is 1. The fourth-order valence-electron chi connectivity index (χ4n) is 2.42. The molecule has 1 aliphatic rings. The van der Waals surface area contributed by atoms with Crippen molar-refractivity contribution in [2.75, 3.05) is 18.4 Å². The van der Waals surface area contributed by atoms with Crippen LogP contribution in [0.5, 0.6) is 0 Å². The van der Waals surface area contributed by atoms with Gasteiger partial charge in [-0.25, -0.2) is 0 Å². The molecule has 2 heteroatoms. The fourth-order valence-corrected chi connectivity index (χ4v) is 2.42. The molecule has 0 radical (unpaired) electrons. The average Bonchev–Trinajstić information content (AvgIpc) is 2.73. The lowest BCUT2D eigenvalue weighted by Crippen LogP contribution is -2.30. The number of nitrogens with zero attached hydrogens (tertiary/aromatic N) is 1. The minimum atomic E-state index is 0.613. The number of hydrogen-bond acceptors (Lipinski definition) is 2. The number of anilines is 1. The Morgan fingerprint density at radius 2 is 2.19 bits per heavy atom. The third kappa shape index (κ3) is 2.22. The Morgan fingerprint density at radius 3 is 2.88 bits per heavy atom. The highest BCUT2D eigenvalue weighted by atomic mass is 15.1. The molecule has 1 aliphatic heterocycles. The highest BCUT2D eigenvalue weighted by molar-refractivity contribution is 5.61. The first-order chi connectivity index (χ1) is 7.72. The molecule has 2 rings (SSSR count).